The van der Waals surface area contributed by atoms with Crippen molar-refractivity contribution in [2.75, 3.05) is 13.1 Å². The fraction of sp³-hybridized carbons (Fsp3) is 0.455. The van der Waals surface area contributed by atoms with Gasteiger partial charge in [-0.2, -0.15) is 5.10 Å². The number of likely N-dealkylation sites (tertiary alicyclic amines) is 1. The zero-order valence-electron chi connectivity index (χ0n) is 16.9. The predicted molar refractivity (Wildman–Crippen MR) is 115 cm³/mol. The normalized spacial score (nSPS) is 17.9. The fourth-order valence-corrected chi connectivity index (χ4v) is 5.17. The summed E-state index contributed by atoms with van der Waals surface area (Å²) in [5.41, 5.74) is 3.48. The van der Waals surface area contributed by atoms with Gasteiger partial charge in [0.15, 0.2) is 0 Å². The molecule has 1 atom stereocenters. The van der Waals surface area contributed by atoms with Crippen molar-refractivity contribution in [3.05, 3.63) is 52.0 Å². The highest BCUT2D eigenvalue weighted by Crippen LogP contribution is 2.27. The quantitative estimate of drug-likeness (QED) is 0.706. The van der Waals surface area contributed by atoms with E-state index >= 15 is 0 Å². The van der Waals surface area contributed by atoms with E-state index in [9.17, 15) is 4.79 Å². The number of piperidine rings is 1. The van der Waals surface area contributed by atoms with Gasteiger partial charge in [0.25, 0.3) is 5.91 Å². The first-order valence-electron chi connectivity index (χ1n) is 10.0. The first kappa shape index (κ1) is 19.2. The van der Waals surface area contributed by atoms with E-state index in [1.807, 2.05) is 24.7 Å². The summed E-state index contributed by atoms with van der Waals surface area (Å²) in [5.74, 6) is 0.758. The third-order valence-corrected chi connectivity index (χ3v) is 6.81. The molecule has 3 aromatic rings. The van der Waals surface area contributed by atoms with Crippen LogP contribution in [0.15, 0.2) is 30.3 Å². The second kappa shape index (κ2) is 8.05. The lowest BCUT2D eigenvalue weighted by Crippen LogP contribution is -2.34. The molecule has 1 N–H and O–H groups in total. The van der Waals surface area contributed by atoms with Gasteiger partial charge in [-0.1, -0.05) is 31.2 Å². The number of carbonyl (C=O) groups excluding carboxylic acids is 1. The number of nitrogens with one attached hydrogen (secondary N) is 1. The van der Waals surface area contributed by atoms with Crippen molar-refractivity contribution >= 4 is 27.5 Å². The molecule has 1 aliphatic heterocycles. The number of nitrogens with zero attached hydrogens (tertiary/aromatic N) is 3. The molecule has 4 rings (SSSR count). The number of aryl methyl sites for hydroxylation is 2. The Morgan fingerprint density at radius 3 is 2.86 bits per heavy atom. The molecule has 0 bridgehead atoms. The van der Waals surface area contributed by atoms with Gasteiger partial charge in [-0.3, -0.25) is 14.4 Å². The zero-order chi connectivity index (χ0) is 19.7. The number of amides is 1. The second-order valence-electron chi connectivity index (χ2n) is 7.97. The van der Waals surface area contributed by atoms with Gasteiger partial charge in [0.2, 0.25) is 0 Å². The summed E-state index contributed by atoms with van der Waals surface area (Å²) in [4.78, 5) is 17.0. The number of rotatable bonds is 5. The van der Waals surface area contributed by atoms with Crippen molar-refractivity contribution in [2.24, 2.45) is 13.0 Å². The van der Waals surface area contributed by atoms with Gasteiger partial charge in [-0.25, -0.2) is 0 Å². The summed E-state index contributed by atoms with van der Waals surface area (Å²) in [6.45, 7) is 8.17. The van der Waals surface area contributed by atoms with Gasteiger partial charge in [0.05, 0.1) is 10.6 Å². The average molecular weight is 397 g/mol. The van der Waals surface area contributed by atoms with Crippen molar-refractivity contribution in [3.63, 3.8) is 0 Å². The molecule has 1 unspecified atom stereocenters. The van der Waals surface area contributed by atoms with Gasteiger partial charge < -0.3 is 5.32 Å². The minimum Gasteiger partial charge on any atom is -0.347 e. The maximum atomic E-state index is 12.7. The van der Waals surface area contributed by atoms with Gasteiger partial charge in [-0.05, 0) is 49.4 Å². The highest BCUT2D eigenvalue weighted by Gasteiger charge is 2.18. The predicted octanol–water partition coefficient (Wildman–Crippen LogP) is 4.11. The Labute approximate surface area is 170 Å². The number of fused-ring (bicyclic) bond motifs is 1. The van der Waals surface area contributed by atoms with E-state index in [2.05, 4.69) is 46.5 Å². The molecule has 0 aliphatic carbocycles. The molecule has 6 heteroatoms. The van der Waals surface area contributed by atoms with Crippen LogP contribution in [0, 0.1) is 12.8 Å². The van der Waals surface area contributed by atoms with Crippen molar-refractivity contribution in [3.8, 4) is 0 Å². The lowest BCUT2D eigenvalue weighted by Gasteiger charge is -2.31. The van der Waals surface area contributed by atoms with Crippen molar-refractivity contribution in [2.45, 2.75) is 39.8 Å². The van der Waals surface area contributed by atoms with Crippen LogP contribution in [0.4, 0.5) is 0 Å². The summed E-state index contributed by atoms with van der Waals surface area (Å²) < 4.78 is 1.85. The van der Waals surface area contributed by atoms with Crippen LogP contribution in [0.1, 0.15) is 46.3 Å². The third-order valence-electron chi connectivity index (χ3n) is 5.61. The van der Waals surface area contributed by atoms with Crippen LogP contribution in [-0.2, 0) is 20.1 Å². The van der Waals surface area contributed by atoms with Crippen LogP contribution in [0.3, 0.4) is 0 Å². The Morgan fingerprint density at radius 1 is 1.32 bits per heavy atom. The summed E-state index contributed by atoms with van der Waals surface area (Å²) in [6, 6.07) is 10.4. The molecular weight excluding hydrogens is 368 g/mol. The van der Waals surface area contributed by atoms with E-state index in [0.29, 0.717) is 6.54 Å². The largest absolute Gasteiger partial charge is 0.347 e. The SMILES string of the molecule is Cc1nn(C)c2sc(C(=O)NCc3ccccc3CN3CCCC(C)C3)cc12. The number of hydrogen-bond acceptors (Lipinski definition) is 4. The topological polar surface area (TPSA) is 50.2 Å². The molecular formula is C22H28N4OS. The zero-order valence-corrected chi connectivity index (χ0v) is 17.7. The molecule has 1 amide bonds. The van der Waals surface area contributed by atoms with E-state index in [4.69, 9.17) is 0 Å². The first-order chi connectivity index (χ1) is 13.5. The van der Waals surface area contributed by atoms with E-state index in [1.165, 1.54) is 41.9 Å². The van der Waals surface area contributed by atoms with Crippen molar-refractivity contribution in [1.29, 1.82) is 0 Å². The molecule has 28 heavy (non-hydrogen) atoms. The van der Waals surface area contributed by atoms with Crippen molar-refractivity contribution < 1.29 is 4.79 Å². The van der Waals surface area contributed by atoms with E-state index in [-0.39, 0.29) is 5.91 Å². The minimum absolute atomic E-state index is 0.0120. The highest BCUT2D eigenvalue weighted by molar-refractivity contribution is 7.20. The molecule has 1 aromatic carbocycles. The maximum absolute atomic E-state index is 12.7. The maximum Gasteiger partial charge on any atom is 0.261 e. The van der Waals surface area contributed by atoms with Crippen LogP contribution in [0.2, 0.25) is 0 Å². The molecule has 2 aromatic heterocycles. The van der Waals surface area contributed by atoms with Gasteiger partial charge in [-0.15, -0.1) is 11.3 Å². The Balaban J connectivity index is 1.44. The molecule has 0 radical (unpaired) electrons. The number of thiophene rings is 1. The molecule has 5 nitrogen and oxygen atoms in total. The summed E-state index contributed by atoms with van der Waals surface area (Å²) in [7, 11) is 1.92. The molecule has 1 aliphatic rings. The summed E-state index contributed by atoms with van der Waals surface area (Å²) >= 11 is 1.50. The Morgan fingerprint density at radius 2 is 2.11 bits per heavy atom. The molecule has 148 valence electrons. The highest BCUT2D eigenvalue weighted by atomic mass is 32.1. The molecule has 1 fully saturated rings. The number of hydrogen-bond donors (Lipinski definition) is 1. The monoisotopic (exact) mass is 396 g/mol. The number of benzene rings is 1. The first-order valence-corrected chi connectivity index (χ1v) is 10.8. The van der Waals surface area contributed by atoms with Crippen LogP contribution < -0.4 is 5.32 Å². The summed E-state index contributed by atoms with van der Waals surface area (Å²) in [6.07, 6.45) is 2.61. The van der Waals surface area contributed by atoms with E-state index in [0.717, 1.165) is 39.8 Å². The smallest absolute Gasteiger partial charge is 0.261 e. The molecule has 1 saturated heterocycles. The van der Waals surface area contributed by atoms with Gasteiger partial charge >= 0.3 is 0 Å². The summed E-state index contributed by atoms with van der Waals surface area (Å²) in [5, 5.41) is 8.59. The molecule has 3 heterocycles. The van der Waals surface area contributed by atoms with Crippen LogP contribution in [0.25, 0.3) is 10.2 Å². The average Bonchev–Trinajstić information content (AvgIpc) is 3.22. The second-order valence-corrected chi connectivity index (χ2v) is 9.00. The van der Waals surface area contributed by atoms with E-state index in [1.54, 1.807) is 0 Å². The Hall–Kier alpha value is -2.18. The standard InChI is InChI=1S/C22H28N4OS/c1-15-7-6-10-26(13-15)14-18-9-5-4-8-17(18)12-23-21(27)20-11-19-16(2)24-25(3)22(19)28-20/h4-5,8-9,11,15H,6-7,10,12-14H2,1-3H3,(H,23,27). The molecule has 0 saturated carbocycles. The minimum atomic E-state index is -0.0120. The Kier molecular flexibility index (Phi) is 5.51. The van der Waals surface area contributed by atoms with Crippen LogP contribution >= 0.6 is 11.3 Å². The Bertz CT molecular complexity index is 955. The third kappa shape index (κ3) is 3.98. The van der Waals surface area contributed by atoms with Crippen LogP contribution in [-0.4, -0.2) is 33.7 Å². The van der Waals surface area contributed by atoms with Crippen molar-refractivity contribution in [1.82, 2.24) is 20.0 Å². The van der Waals surface area contributed by atoms with Gasteiger partial charge in [0.1, 0.15) is 4.83 Å². The lowest BCUT2D eigenvalue weighted by atomic mass is 9.99. The van der Waals surface area contributed by atoms with E-state index < -0.39 is 0 Å². The number of carbonyl (C=O) groups is 1. The number of aromatic nitrogens is 2. The lowest BCUT2D eigenvalue weighted by molar-refractivity contribution is 0.0955. The van der Waals surface area contributed by atoms with Gasteiger partial charge in [0, 0.05) is 32.1 Å². The van der Waals surface area contributed by atoms with Crippen LogP contribution in [0.5, 0.6) is 0 Å². The molecule has 0 spiro atoms. The fourth-order valence-electron chi connectivity index (χ4n) is 4.14.